The summed E-state index contributed by atoms with van der Waals surface area (Å²) in [6.45, 7) is -0.0949. The van der Waals surface area contributed by atoms with Gasteiger partial charge in [0.1, 0.15) is 11.6 Å². The minimum Gasteiger partial charge on any atom is -0.348 e. The molecule has 3 nitrogen and oxygen atoms in total. The number of aromatic nitrogens is 1. The SMILES string of the molecule is O=C(NCc1ccc(F)cc1F)c1ccc(F)nc1. The molecule has 2 rings (SSSR count). The first-order valence-corrected chi connectivity index (χ1v) is 5.40. The van der Waals surface area contributed by atoms with Crippen LogP contribution in [0.3, 0.4) is 0 Å². The Bertz CT molecular complexity index is 599. The number of benzene rings is 1. The van der Waals surface area contributed by atoms with Gasteiger partial charge in [-0.3, -0.25) is 4.79 Å². The molecule has 1 N–H and O–H groups in total. The van der Waals surface area contributed by atoms with Crippen LogP contribution in [-0.4, -0.2) is 10.9 Å². The molecule has 1 aromatic carbocycles. The van der Waals surface area contributed by atoms with E-state index in [2.05, 4.69) is 10.3 Å². The highest BCUT2D eigenvalue weighted by molar-refractivity contribution is 5.93. The first kappa shape index (κ1) is 13.1. The number of pyridine rings is 1. The van der Waals surface area contributed by atoms with E-state index in [1.807, 2.05) is 0 Å². The summed E-state index contributed by atoms with van der Waals surface area (Å²) in [5.74, 6) is -2.63. The second-order valence-corrected chi connectivity index (χ2v) is 3.79. The lowest BCUT2D eigenvalue weighted by atomic mass is 10.2. The molecule has 1 aromatic heterocycles. The second-order valence-electron chi connectivity index (χ2n) is 3.79. The quantitative estimate of drug-likeness (QED) is 0.867. The lowest BCUT2D eigenvalue weighted by Gasteiger charge is -2.06. The van der Waals surface area contributed by atoms with E-state index in [0.29, 0.717) is 0 Å². The summed E-state index contributed by atoms with van der Waals surface area (Å²) in [5, 5.41) is 2.43. The van der Waals surface area contributed by atoms with E-state index in [0.717, 1.165) is 24.4 Å². The number of hydrogen-bond acceptors (Lipinski definition) is 2. The number of carbonyl (C=O) groups is 1. The first-order valence-electron chi connectivity index (χ1n) is 5.40. The van der Waals surface area contributed by atoms with Gasteiger partial charge in [-0.15, -0.1) is 0 Å². The third-order valence-corrected chi connectivity index (χ3v) is 2.44. The maximum absolute atomic E-state index is 13.3. The minimum absolute atomic E-state index is 0.0949. The molecule has 0 atom stereocenters. The van der Waals surface area contributed by atoms with Crippen LogP contribution in [0.15, 0.2) is 36.5 Å². The van der Waals surface area contributed by atoms with Gasteiger partial charge in [0.05, 0.1) is 5.56 Å². The fraction of sp³-hybridized carbons (Fsp3) is 0.0769. The van der Waals surface area contributed by atoms with E-state index in [1.165, 1.54) is 12.1 Å². The van der Waals surface area contributed by atoms with Crippen molar-refractivity contribution in [2.24, 2.45) is 0 Å². The molecule has 98 valence electrons. The molecule has 0 aliphatic heterocycles. The van der Waals surface area contributed by atoms with Crippen molar-refractivity contribution < 1.29 is 18.0 Å². The van der Waals surface area contributed by atoms with Crippen LogP contribution < -0.4 is 5.32 Å². The molecule has 0 saturated heterocycles. The van der Waals surface area contributed by atoms with Crippen LogP contribution in [-0.2, 0) is 6.54 Å². The lowest BCUT2D eigenvalue weighted by Crippen LogP contribution is -2.23. The number of halogens is 3. The molecule has 6 heteroatoms. The number of hydrogen-bond donors (Lipinski definition) is 1. The third-order valence-electron chi connectivity index (χ3n) is 2.44. The van der Waals surface area contributed by atoms with E-state index in [4.69, 9.17) is 0 Å². The van der Waals surface area contributed by atoms with Crippen LogP contribution in [0.1, 0.15) is 15.9 Å². The minimum atomic E-state index is -0.738. The molecule has 1 amide bonds. The van der Waals surface area contributed by atoms with Gasteiger partial charge < -0.3 is 5.32 Å². The van der Waals surface area contributed by atoms with Crippen molar-refractivity contribution >= 4 is 5.91 Å². The zero-order valence-corrected chi connectivity index (χ0v) is 9.66. The van der Waals surface area contributed by atoms with E-state index in [9.17, 15) is 18.0 Å². The number of carbonyl (C=O) groups excluding carboxylic acids is 1. The molecule has 0 radical (unpaired) electrons. The second kappa shape index (κ2) is 5.51. The Morgan fingerprint density at radius 3 is 2.58 bits per heavy atom. The zero-order valence-electron chi connectivity index (χ0n) is 9.66. The molecular formula is C13H9F3N2O. The van der Waals surface area contributed by atoms with Gasteiger partial charge in [0, 0.05) is 24.4 Å². The van der Waals surface area contributed by atoms with Crippen LogP contribution in [0, 0.1) is 17.6 Å². The van der Waals surface area contributed by atoms with Gasteiger partial charge >= 0.3 is 0 Å². The molecule has 0 fully saturated rings. The Balaban J connectivity index is 2.02. The van der Waals surface area contributed by atoms with E-state index in [-0.39, 0.29) is 17.7 Å². The van der Waals surface area contributed by atoms with Crippen molar-refractivity contribution in [2.45, 2.75) is 6.54 Å². The normalized spacial score (nSPS) is 10.3. The van der Waals surface area contributed by atoms with Gasteiger partial charge in [-0.1, -0.05) is 6.07 Å². The van der Waals surface area contributed by atoms with E-state index < -0.39 is 23.5 Å². The summed E-state index contributed by atoms with van der Waals surface area (Å²) in [4.78, 5) is 15.0. The molecule has 0 saturated carbocycles. The number of amides is 1. The van der Waals surface area contributed by atoms with Gasteiger partial charge in [0.15, 0.2) is 0 Å². The molecular weight excluding hydrogens is 257 g/mol. The van der Waals surface area contributed by atoms with Gasteiger partial charge in [0.2, 0.25) is 5.95 Å². The maximum Gasteiger partial charge on any atom is 0.253 e. The predicted molar refractivity (Wildman–Crippen MR) is 61.7 cm³/mol. The van der Waals surface area contributed by atoms with Crippen molar-refractivity contribution in [2.75, 3.05) is 0 Å². The van der Waals surface area contributed by atoms with Gasteiger partial charge in [-0.25, -0.2) is 13.8 Å². The monoisotopic (exact) mass is 266 g/mol. The van der Waals surface area contributed by atoms with Crippen molar-refractivity contribution in [3.8, 4) is 0 Å². The molecule has 0 unspecified atom stereocenters. The molecule has 0 aliphatic carbocycles. The Kier molecular flexibility index (Phi) is 3.79. The van der Waals surface area contributed by atoms with Crippen molar-refractivity contribution in [3.05, 3.63) is 65.2 Å². The highest BCUT2D eigenvalue weighted by Gasteiger charge is 2.08. The largest absolute Gasteiger partial charge is 0.348 e. The molecule has 1 heterocycles. The molecule has 19 heavy (non-hydrogen) atoms. The van der Waals surface area contributed by atoms with Crippen molar-refractivity contribution in [1.82, 2.24) is 10.3 Å². The summed E-state index contributed by atoms with van der Waals surface area (Å²) in [6.07, 6.45) is 1.08. The highest BCUT2D eigenvalue weighted by Crippen LogP contribution is 2.09. The van der Waals surface area contributed by atoms with Crippen LogP contribution in [0.25, 0.3) is 0 Å². The summed E-state index contributed by atoms with van der Waals surface area (Å²) >= 11 is 0. The topological polar surface area (TPSA) is 42.0 Å². The fourth-order valence-electron chi connectivity index (χ4n) is 1.45. The zero-order chi connectivity index (χ0) is 13.8. The van der Waals surface area contributed by atoms with E-state index in [1.54, 1.807) is 0 Å². The van der Waals surface area contributed by atoms with Gasteiger partial charge in [0.25, 0.3) is 5.91 Å². The van der Waals surface area contributed by atoms with Crippen LogP contribution in [0.4, 0.5) is 13.2 Å². The summed E-state index contributed by atoms with van der Waals surface area (Å²) in [6, 6.07) is 5.39. The fourth-order valence-corrected chi connectivity index (χ4v) is 1.45. The Morgan fingerprint density at radius 2 is 1.95 bits per heavy atom. The molecule has 2 aromatic rings. The third kappa shape index (κ3) is 3.31. The Labute approximate surface area is 107 Å². The van der Waals surface area contributed by atoms with Crippen molar-refractivity contribution in [3.63, 3.8) is 0 Å². The van der Waals surface area contributed by atoms with Crippen LogP contribution in [0.5, 0.6) is 0 Å². The Hall–Kier alpha value is -2.37. The summed E-state index contributed by atoms with van der Waals surface area (Å²) in [7, 11) is 0. The van der Waals surface area contributed by atoms with Crippen LogP contribution in [0.2, 0.25) is 0 Å². The predicted octanol–water partition coefficient (Wildman–Crippen LogP) is 2.43. The number of rotatable bonds is 3. The average Bonchev–Trinajstić information content (AvgIpc) is 2.38. The lowest BCUT2D eigenvalue weighted by molar-refractivity contribution is 0.0950. The first-order chi connectivity index (χ1) is 9.06. The van der Waals surface area contributed by atoms with Crippen LogP contribution >= 0.6 is 0 Å². The molecule has 0 bridgehead atoms. The molecule has 0 spiro atoms. The van der Waals surface area contributed by atoms with E-state index >= 15 is 0 Å². The highest BCUT2D eigenvalue weighted by atomic mass is 19.1. The Morgan fingerprint density at radius 1 is 1.16 bits per heavy atom. The van der Waals surface area contributed by atoms with Gasteiger partial charge in [-0.2, -0.15) is 4.39 Å². The maximum atomic E-state index is 13.3. The average molecular weight is 266 g/mol. The number of nitrogens with zero attached hydrogens (tertiary/aromatic N) is 1. The smallest absolute Gasteiger partial charge is 0.253 e. The van der Waals surface area contributed by atoms with Gasteiger partial charge in [-0.05, 0) is 18.2 Å². The molecule has 0 aliphatic rings. The summed E-state index contributed by atoms with van der Waals surface area (Å²) in [5.41, 5.74) is 0.314. The standard InChI is InChI=1S/C13H9F3N2O/c14-10-3-1-8(11(15)5-10)6-18-13(19)9-2-4-12(16)17-7-9/h1-5,7H,6H2,(H,18,19). The van der Waals surface area contributed by atoms with Crippen molar-refractivity contribution in [1.29, 1.82) is 0 Å². The number of nitrogens with one attached hydrogen (secondary N) is 1. The summed E-state index contributed by atoms with van der Waals surface area (Å²) < 4.78 is 38.5.